The fourth-order valence-electron chi connectivity index (χ4n) is 0.995. The van der Waals surface area contributed by atoms with Crippen molar-refractivity contribution in [3.05, 3.63) is 0 Å². The molecule has 0 heterocycles. The van der Waals surface area contributed by atoms with Gasteiger partial charge in [-0.25, -0.2) is 8.78 Å². The van der Waals surface area contributed by atoms with E-state index in [0.29, 0.717) is 6.54 Å². The maximum atomic E-state index is 12.0. The third-order valence-electron chi connectivity index (χ3n) is 1.67. The number of hydrogen-bond acceptors (Lipinski definition) is 3. The van der Waals surface area contributed by atoms with E-state index in [1.54, 1.807) is 7.05 Å². The van der Waals surface area contributed by atoms with E-state index < -0.39 is 13.0 Å². The molecule has 0 radical (unpaired) electrons. The highest BCUT2D eigenvalue weighted by atomic mass is 19.3. The summed E-state index contributed by atoms with van der Waals surface area (Å²) in [6.07, 6.45) is -2.39. The Morgan fingerprint density at radius 1 is 1.57 bits per heavy atom. The molecule has 4 nitrogen and oxygen atoms in total. The zero-order chi connectivity index (χ0) is 11.0. The molecule has 0 bridgehead atoms. The van der Waals surface area contributed by atoms with Crippen molar-refractivity contribution in [3.8, 4) is 0 Å². The van der Waals surface area contributed by atoms with Crippen molar-refractivity contribution in [1.29, 1.82) is 0 Å². The van der Waals surface area contributed by atoms with Gasteiger partial charge in [0.1, 0.15) is 0 Å². The molecule has 0 aliphatic heterocycles. The summed E-state index contributed by atoms with van der Waals surface area (Å²) in [7, 11) is 1.68. The van der Waals surface area contributed by atoms with Gasteiger partial charge in [-0.1, -0.05) is 0 Å². The number of aliphatic hydroxyl groups is 1. The van der Waals surface area contributed by atoms with Gasteiger partial charge in [0.15, 0.2) is 0 Å². The van der Waals surface area contributed by atoms with Crippen LogP contribution in [0.4, 0.5) is 8.78 Å². The molecule has 0 aromatic rings. The van der Waals surface area contributed by atoms with Crippen molar-refractivity contribution in [3.63, 3.8) is 0 Å². The van der Waals surface area contributed by atoms with Crippen LogP contribution in [-0.2, 0) is 4.79 Å². The highest BCUT2D eigenvalue weighted by molar-refractivity contribution is 5.76. The Morgan fingerprint density at radius 3 is 2.64 bits per heavy atom. The minimum absolute atomic E-state index is 0.0348. The third kappa shape index (κ3) is 5.82. The quantitative estimate of drug-likeness (QED) is 0.605. The smallest absolute Gasteiger partial charge is 0.255 e. The molecule has 0 aromatic heterocycles. The molecule has 0 saturated carbocycles. The van der Waals surface area contributed by atoms with Crippen molar-refractivity contribution < 1.29 is 18.7 Å². The monoisotopic (exact) mass is 210 g/mol. The average molecular weight is 210 g/mol. The van der Waals surface area contributed by atoms with Crippen LogP contribution < -0.4 is 5.32 Å². The summed E-state index contributed by atoms with van der Waals surface area (Å²) >= 11 is 0. The number of rotatable bonds is 7. The Bertz CT molecular complexity index is 167. The summed E-state index contributed by atoms with van der Waals surface area (Å²) in [5.41, 5.74) is 0. The molecule has 0 aliphatic rings. The molecule has 84 valence electrons. The number of carbonyl (C=O) groups excluding carboxylic acids is 1. The van der Waals surface area contributed by atoms with Crippen molar-refractivity contribution in [2.75, 3.05) is 33.3 Å². The largest absolute Gasteiger partial charge is 0.395 e. The van der Waals surface area contributed by atoms with Crippen molar-refractivity contribution >= 4 is 5.91 Å². The molecular weight excluding hydrogens is 194 g/mol. The number of hydrogen-bond donors (Lipinski definition) is 2. The average Bonchev–Trinajstić information content (AvgIpc) is 2.13. The maximum Gasteiger partial charge on any atom is 0.255 e. The Hall–Kier alpha value is -0.750. The molecular formula is C8H16F2N2O2. The summed E-state index contributed by atoms with van der Waals surface area (Å²) in [4.78, 5) is 12.2. The maximum absolute atomic E-state index is 12.0. The van der Waals surface area contributed by atoms with E-state index in [1.807, 2.05) is 0 Å². The first-order valence-corrected chi connectivity index (χ1v) is 4.43. The second-order valence-electron chi connectivity index (χ2n) is 2.81. The Morgan fingerprint density at radius 2 is 2.21 bits per heavy atom. The van der Waals surface area contributed by atoms with Crippen molar-refractivity contribution in [2.45, 2.75) is 12.8 Å². The zero-order valence-electron chi connectivity index (χ0n) is 8.17. The lowest BCUT2D eigenvalue weighted by Gasteiger charge is -2.21. The predicted molar refractivity (Wildman–Crippen MR) is 48.2 cm³/mol. The van der Waals surface area contributed by atoms with E-state index in [0.717, 1.165) is 4.90 Å². The summed E-state index contributed by atoms with van der Waals surface area (Å²) in [6, 6.07) is 0. The van der Waals surface area contributed by atoms with Gasteiger partial charge in [0.05, 0.1) is 13.2 Å². The molecule has 0 saturated heterocycles. The van der Waals surface area contributed by atoms with Gasteiger partial charge in [-0.15, -0.1) is 0 Å². The van der Waals surface area contributed by atoms with Crippen molar-refractivity contribution in [1.82, 2.24) is 10.2 Å². The first kappa shape index (κ1) is 13.2. The number of nitrogens with zero attached hydrogens (tertiary/aromatic N) is 1. The zero-order valence-corrected chi connectivity index (χ0v) is 8.17. The summed E-state index contributed by atoms with van der Waals surface area (Å²) in [5, 5.41) is 11.3. The van der Waals surface area contributed by atoms with Crippen LogP contribution in [0.3, 0.4) is 0 Å². The minimum Gasteiger partial charge on any atom is -0.395 e. The molecule has 0 fully saturated rings. The normalized spacial score (nSPS) is 10.6. The number of nitrogens with one attached hydrogen (secondary N) is 1. The van der Waals surface area contributed by atoms with Crippen LogP contribution in [0.1, 0.15) is 6.42 Å². The summed E-state index contributed by atoms with van der Waals surface area (Å²) in [5.74, 6) is -0.367. The number of amides is 1. The van der Waals surface area contributed by atoms with Crippen LogP contribution in [0.5, 0.6) is 0 Å². The highest BCUT2D eigenvalue weighted by Gasteiger charge is 2.16. The number of aliphatic hydroxyl groups excluding tert-OH is 1. The van der Waals surface area contributed by atoms with Gasteiger partial charge >= 0.3 is 0 Å². The molecule has 0 unspecified atom stereocenters. The standard InChI is InChI=1S/C8H16F2N2O2/c1-11-3-2-8(14)12(4-5-13)6-7(9)10/h7,11,13H,2-6H2,1H3. The molecule has 6 heteroatoms. The summed E-state index contributed by atoms with van der Waals surface area (Å²) < 4.78 is 24.0. The predicted octanol–water partition coefficient (Wildman–Crippen LogP) is -0.318. The minimum atomic E-state index is -2.56. The second kappa shape index (κ2) is 7.64. The number of carbonyl (C=O) groups is 1. The molecule has 14 heavy (non-hydrogen) atoms. The van der Waals surface area contributed by atoms with E-state index in [9.17, 15) is 13.6 Å². The molecule has 2 N–H and O–H groups in total. The molecule has 0 spiro atoms. The Labute approximate surface area is 81.9 Å². The number of halogens is 2. The first-order chi connectivity index (χ1) is 6.61. The number of alkyl halides is 2. The van der Waals surface area contributed by atoms with E-state index in [-0.39, 0.29) is 25.5 Å². The van der Waals surface area contributed by atoms with Crippen LogP contribution in [0.25, 0.3) is 0 Å². The van der Waals surface area contributed by atoms with Gasteiger partial charge < -0.3 is 15.3 Å². The fraction of sp³-hybridized carbons (Fsp3) is 0.875. The molecule has 0 rings (SSSR count). The Kier molecular flexibility index (Phi) is 7.23. The third-order valence-corrected chi connectivity index (χ3v) is 1.67. The molecule has 0 aliphatic carbocycles. The van der Waals surface area contributed by atoms with Gasteiger partial charge in [-0.05, 0) is 7.05 Å². The van der Waals surface area contributed by atoms with Gasteiger partial charge in [-0.2, -0.15) is 0 Å². The van der Waals surface area contributed by atoms with E-state index in [1.165, 1.54) is 0 Å². The van der Waals surface area contributed by atoms with Gasteiger partial charge in [0, 0.05) is 19.5 Å². The lowest BCUT2D eigenvalue weighted by Crippen LogP contribution is -2.38. The van der Waals surface area contributed by atoms with E-state index in [4.69, 9.17) is 5.11 Å². The lowest BCUT2D eigenvalue weighted by atomic mass is 10.3. The first-order valence-electron chi connectivity index (χ1n) is 4.43. The van der Waals surface area contributed by atoms with Crippen molar-refractivity contribution in [2.24, 2.45) is 0 Å². The molecule has 1 amide bonds. The molecule has 0 aromatic carbocycles. The summed E-state index contributed by atoms with van der Waals surface area (Å²) in [6.45, 7) is -0.488. The van der Waals surface area contributed by atoms with Gasteiger partial charge in [-0.3, -0.25) is 4.79 Å². The second-order valence-corrected chi connectivity index (χ2v) is 2.81. The SMILES string of the molecule is CNCCC(=O)N(CCO)CC(F)F. The molecule has 0 atom stereocenters. The van der Waals surface area contributed by atoms with Crippen LogP contribution in [0, 0.1) is 0 Å². The highest BCUT2D eigenvalue weighted by Crippen LogP contribution is 2.00. The van der Waals surface area contributed by atoms with Gasteiger partial charge in [0.25, 0.3) is 6.43 Å². The van der Waals surface area contributed by atoms with Crippen LogP contribution in [0.2, 0.25) is 0 Å². The van der Waals surface area contributed by atoms with E-state index >= 15 is 0 Å². The topological polar surface area (TPSA) is 52.6 Å². The van der Waals surface area contributed by atoms with Gasteiger partial charge in [0.2, 0.25) is 5.91 Å². The Balaban J connectivity index is 3.97. The van der Waals surface area contributed by atoms with Crippen LogP contribution >= 0.6 is 0 Å². The lowest BCUT2D eigenvalue weighted by molar-refractivity contribution is -0.133. The van der Waals surface area contributed by atoms with Crippen LogP contribution in [-0.4, -0.2) is 55.6 Å². The van der Waals surface area contributed by atoms with E-state index in [2.05, 4.69) is 5.32 Å². The fourth-order valence-corrected chi connectivity index (χ4v) is 0.995. The van der Waals surface area contributed by atoms with Crippen LogP contribution in [0.15, 0.2) is 0 Å².